The SMILES string of the molecule is Cc1cc(C)c(C)c(OC(c2ccccc2)C(C)N)c1. The van der Waals surface area contributed by atoms with Crippen molar-refractivity contribution in [2.75, 3.05) is 0 Å². The summed E-state index contributed by atoms with van der Waals surface area (Å²) >= 11 is 0. The Morgan fingerprint density at radius 1 is 1.00 bits per heavy atom. The predicted molar refractivity (Wildman–Crippen MR) is 84.1 cm³/mol. The van der Waals surface area contributed by atoms with E-state index in [0.29, 0.717) is 0 Å². The summed E-state index contributed by atoms with van der Waals surface area (Å²) in [6.45, 7) is 8.27. The van der Waals surface area contributed by atoms with E-state index in [1.165, 1.54) is 16.7 Å². The van der Waals surface area contributed by atoms with Crippen molar-refractivity contribution in [3.63, 3.8) is 0 Å². The van der Waals surface area contributed by atoms with Gasteiger partial charge >= 0.3 is 0 Å². The monoisotopic (exact) mass is 269 g/mol. The Labute approximate surface area is 121 Å². The highest BCUT2D eigenvalue weighted by molar-refractivity contribution is 5.42. The first kappa shape index (κ1) is 14.6. The molecule has 0 aliphatic heterocycles. The molecule has 0 aliphatic carbocycles. The van der Waals surface area contributed by atoms with E-state index in [9.17, 15) is 0 Å². The number of ether oxygens (including phenoxy) is 1. The fraction of sp³-hybridized carbons (Fsp3) is 0.333. The van der Waals surface area contributed by atoms with Crippen LogP contribution in [0.15, 0.2) is 42.5 Å². The summed E-state index contributed by atoms with van der Waals surface area (Å²) in [4.78, 5) is 0. The van der Waals surface area contributed by atoms with Crippen molar-refractivity contribution in [3.05, 3.63) is 64.7 Å². The minimum atomic E-state index is -0.129. The minimum absolute atomic E-state index is 0.0716. The van der Waals surface area contributed by atoms with Crippen LogP contribution in [0.1, 0.15) is 35.3 Å². The van der Waals surface area contributed by atoms with Crippen LogP contribution >= 0.6 is 0 Å². The smallest absolute Gasteiger partial charge is 0.138 e. The third-order valence-corrected chi connectivity index (χ3v) is 3.62. The van der Waals surface area contributed by atoms with Gasteiger partial charge in [-0.2, -0.15) is 0 Å². The van der Waals surface area contributed by atoms with Gasteiger partial charge in [-0.25, -0.2) is 0 Å². The molecule has 106 valence electrons. The van der Waals surface area contributed by atoms with Gasteiger partial charge in [0.1, 0.15) is 11.9 Å². The van der Waals surface area contributed by atoms with Gasteiger partial charge in [0.15, 0.2) is 0 Å². The molecule has 2 heteroatoms. The van der Waals surface area contributed by atoms with Crippen molar-refractivity contribution < 1.29 is 4.74 Å². The lowest BCUT2D eigenvalue weighted by molar-refractivity contribution is 0.179. The average Bonchev–Trinajstić information content (AvgIpc) is 2.41. The summed E-state index contributed by atoms with van der Waals surface area (Å²) in [6, 6.07) is 14.3. The van der Waals surface area contributed by atoms with E-state index in [-0.39, 0.29) is 12.1 Å². The second kappa shape index (κ2) is 6.10. The van der Waals surface area contributed by atoms with Crippen LogP contribution in [0.25, 0.3) is 0 Å². The van der Waals surface area contributed by atoms with Gasteiger partial charge in [-0.3, -0.25) is 0 Å². The van der Waals surface area contributed by atoms with Crippen LogP contribution in [-0.2, 0) is 0 Å². The molecule has 2 unspecified atom stereocenters. The van der Waals surface area contributed by atoms with Crippen LogP contribution in [0.5, 0.6) is 5.75 Å². The van der Waals surface area contributed by atoms with E-state index in [0.717, 1.165) is 11.3 Å². The van der Waals surface area contributed by atoms with E-state index in [1.807, 2.05) is 25.1 Å². The molecule has 0 amide bonds. The molecule has 0 aliphatic rings. The van der Waals surface area contributed by atoms with Gasteiger partial charge in [0, 0.05) is 6.04 Å². The van der Waals surface area contributed by atoms with Crippen molar-refractivity contribution in [3.8, 4) is 5.75 Å². The van der Waals surface area contributed by atoms with Crippen molar-refractivity contribution in [2.24, 2.45) is 5.73 Å². The van der Waals surface area contributed by atoms with Gasteiger partial charge in [-0.1, -0.05) is 36.4 Å². The van der Waals surface area contributed by atoms with Crippen LogP contribution in [0.3, 0.4) is 0 Å². The van der Waals surface area contributed by atoms with Gasteiger partial charge < -0.3 is 10.5 Å². The molecule has 0 saturated heterocycles. The zero-order valence-electron chi connectivity index (χ0n) is 12.7. The molecule has 2 atom stereocenters. The van der Waals surface area contributed by atoms with E-state index >= 15 is 0 Å². The van der Waals surface area contributed by atoms with Gasteiger partial charge in [0.2, 0.25) is 0 Å². The first-order valence-electron chi connectivity index (χ1n) is 7.04. The molecule has 2 rings (SSSR count). The standard InChI is InChI=1S/C18H23NO/c1-12-10-13(2)14(3)17(11-12)20-18(15(4)19)16-8-6-5-7-9-16/h5-11,15,18H,19H2,1-4H3. The van der Waals surface area contributed by atoms with Crippen molar-refractivity contribution in [1.82, 2.24) is 0 Å². The maximum absolute atomic E-state index is 6.23. The van der Waals surface area contributed by atoms with Crippen molar-refractivity contribution in [1.29, 1.82) is 0 Å². The lowest BCUT2D eigenvalue weighted by atomic mass is 10.0. The third-order valence-electron chi connectivity index (χ3n) is 3.62. The normalized spacial score (nSPS) is 13.8. The Balaban J connectivity index is 2.35. The van der Waals surface area contributed by atoms with Gasteiger partial charge in [0.25, 0.3) is 0 Å². The molecule has 0 radical (unpaired) electrons. The number of hydrogen-bond donors (Lipinski definition) is 1. The topological polar surface area (TPSA) is 35.2 Å². The summed E-state index contributed by atoms with van der Waals surface area (Å²) in [5.74, 6) is 0.925. The maximum Gasteiger partial charge on any atom is 0.138 e. The predicted octanol–water partition coefficient (Wildman–Crippen LogP) is 4.08. The number of benzene rings is 2. The number of rotatable bonds is 4. The molecule has 0 bridgehead atoms. The fourth-order valence-corrected chi connectivity index (χ4v) is 2.38. The van der Waals surface area contributed by atoms with E-state index in [4.69, 9.17) is 10.5 Å². The second-order valence-electron chi connectivity index (χ2n) is 5.51. The molecule has 2 aromatic carbocycles. The van der Waals surface area contributed by atoms with Gasteiger partial charge in [0.05, 0.1) is 0 Å². The van der Waals surface area contributed by atoms with Gasteiger partial charge in [-0.15, -0.1) is 0 Å². The first-order chi connectivity index (χ1) is 9.49. The Morgan fingerprint density at radius 3 is 2.25 bits per heavy atom. The average molecular weight is 269 g/mol. The quantitative estimate of drug-likeness (QED) is 0.907. The zero-order chi connectivity index (χ0) is 14.7. The third kappa shape index (κ3) is 3.20. The van der Waals surface area contributed by atoms with Crippen LogP contribution in [0.2, 0.25) is 0 Å². The zero-order valence-corrected chi connectivity index (χ0v) is 12.7. The van der Waals surface area contributed by atoms with Crippen molar-refractivity contribution in [2.45, 2.75) is 39.8 Å². The highest BCUT2D eigenvalue weighted by Gasteiger charge is 2.19. The van der Waals surface area contributed by atoms with Crippen molar-refractivity contribution >= 4 is 0 Å². The molecule has 0 spiro atoms. The molecule has 2 nitrogen and oxygen atoms in total. The summed E-state index contributed by atoms with van der Waals surface area (Å²) in [7, 11) is 0. The fourth-order valence-electron chi connectivity index (χ4n) is 2.38. The number of aryl methyl sites for hydroxylation is 2. The van der Waals surface area contributed by atoms with Crippen LogP contribution in [0, 0.1) is 20.8 Å². The van der Waals surface area contributed by atoms with Crippen LogP contribution in [0.4, 0.5) is 0 Å². The highest BCUT2D eigenvalue weighted by Crippen LogP contribution is 2.29. The van der Waals surface area contributed by atoms with E-state index < -0.39 is 0 Å². The summed E-state index contributed by atoms with van der Waals surface area (Å²) in [6.07, 6.45) is -0.129. The molecule has 0 fully saturated rings. The second-order valence-corrected chi connectivity index (χ2v) is 5.51. The molecule has 0 aromatic heterocycles. The lowest BCUT2D eigenvalue weighted by Gasteiger charge is -2.24. The van der Waals surface area contributed by atoms with Gasteiger partial charge in [-0.05, 0) is 56.0 Å². The molecule has 20 heavy (non-hydrogen) atoms. The Hall–Kier alpha value is -1.80. The molecule has 0 saturated carbocycles. The number of nitrogens with two attached hydrogens (primary N) is 1. The summed E-state index contributed by atoms with van der Waals surface area (Å²) in [5.41, 5.74) is 10.9. The molecule has 2 N–H and O–H groups in total. The van der Waals surface area contributed by atoms with E-state index in [2.05, 4.69) is 45.0 Å². The molecular formula is C18H23NO. The Morgan fingerprint density at radius 2 is 1.65 bits per heavy atom. The first-order valence-corrected chi connectivity index (χ1v) is 7.04. The lowest BCUT2D eigenvalue weighted by Crippen LogP contribution is -2.29. The largest absolute Gasteiger partial charge is 0.484 e. The molecular weight excluding hydrogens is 246 g/mol. The van der Waals surface area contributed by atoms with E-state index in [1.54, 1.807) is 0 Å². The summed E-state index contributed by atoms with van der Waals surface area (Å²) in [5, 5.41) is 0. The van der Waals surface area contributed by atoms with Crippen LogP contribution in [-0.4, -0.2) is 6.04 Å². The van der Waals surface area contributed by atoms with Crippen LogP contribution < -0.4 is 10.5 Å². The molecule has 0 heterocycles. The Bertz CT molecular complexity index is 575. The number of hydrogen-bond acceptors (Lipinski definition) is 2. The molecule has 2 aromatic rings. The highest BCUT2D eigenvalue weighted by atomic mass is 16.5. The summed E-state index contributed by atoms with van der Waals surface area (Å²) < 4.78 is 6.23. The maximum atomic E-state index is 6.23. The minimum Gasteiger partial charge on any atom is -0.484 e. The Kier molecular flexibility index (Phi) is 4.46.